The molecule has 5 heteroatoms. The summed E-state index contributed by atoms with van der Waals surface area (Å²) >= 11 is 0. The summed E-state index contributed by atoms with van der Waals surface area (Å²) in [6, 6.07) is 13.6. The van der Waals surface area contributed by atoms with Crippen molar-refractivity contribution in [3.05, 3.63) is 59.4 Å². The maximum Gasteiger partial charge on any atom is 0.244 e. The number of aryl methyl sites for hydroxylation is 2. The summed E-state index contributed by atoms with van der Waals surface area (Å²) in [6.45, 7) is 3.97. The first-order chi connectivity index (χ1) is 11.6. The number of nitrogens with zero attached hydrogens (tertiary/aromatic N) is 2. The van der Waals surface area contributed by atoms with Crippen molar-refractivity contribution in [2.24, 2.45) is 0 Å². The number of carbonyl (C=O) groups is 1. The molecule has 3 rings (SSSR count). The molecule has 5 nitrogen and oxygen atoms in total. The molecule has 0 aliphatic carbocycles. The molecule has 0 unspecified atom stereocenters. The Balaban J connectivity index is 1.89. The van der Waals surface area contributed by atoms with Gasteiger partial charge in [-0.1, -0.05) is 37.3 Å². The van der Waals surface area contributed by atoms with Gasteiger partial charge in [0.1, 0.15) is 19.0 Å². The third kappa shape index (κ3) is 3.03. The molecule has 2 aromatic carbocycles. The summed E-state index contributed by atoms with van der Waals surface area (Å²) < 4.78 is 1.76. The predicted octanol–water partition coefficient (Wildman–Crippen LogP) is 3.04. The maximum atomic E-state index is 12.6. The van der Waals surface area contributed by atoms with Gasteiger partial charge in [-0.15, -0.1) is 0 Å². The molecule has 1 aromatic heterocycles. The van der Waals surface area contributed by atoms with Crippen molar-refractivity contribution in [3.63, 3.8) is 0 Å². The van der Waals surface area contributed by atoms with Gasteiger partial charge in [0.15, 0.2) is 0 Å². The summed E-state index contributed by atoms with van der Waals surface area (Å²) in [5.41, 5.74) is 4.65. The Hall–Kier alpha value is -2.66. The molecule has 0 atom stereocenters. The molecule has 24 heavy (non-hydrogen) atoms. The minimum Gasteiger partial charge on any atom is -0.388 e. The third-order valence-corrected chi connectivity index (χ3v) is 4.18. The lowest BCUT2D eigenvalue weighted by molar-refractivity contribution is -0.116. The smallest absolute Gasteiger partial charge is 0.244 e. The fourth-order valence-corrected chi connectivity index (χ4v) is 2.95. The van der Waals surface area contributed by atoms with E-state index in [-0.39, 0.29) is 19.1 Å². The topological polar surface area (TPSA) is 67.2 Å². The first-order valence-corrected chi connectivity index (χ1v) is 8.07. The number of benzene rings is 2. The van der Waals surface area contributed by atoms with Gasteiger partial charge in [0, 0.05) is 5.69 Å². The number of imidazole rings is 1. The minimum atomic E-state index is -0.202. The van der Waals surface area contributed by atoms with Crippen molar-refractivity contribution in [2.45, 2.75) is 33.4 Å². The highest BCUT2D eigenvalue weighted by molar-refractivity contribution is 5.93. The number of aromatic nitrogens is 2. The Labute approximate surface area is 141 Å². The average molecular weight is 323 g/mol. The number of fused-ring (bicyclic) bond motifs is 1. The highest BCUT2D eigenvalue weighted by Gasteiger charge is 2.14. The zero-order valence-electron chi connectivity index (χ0n) is 13.9. The van der Waals surface area contributed by atoms with Crippen molar-refractivity contribution in [1.82, 2.24) is 9.55 Å². The van der Waals surface area contributed by atoms with Gasteiger partial charge in [-0.3, -0.25) is 4.79 Å². The number of para-hydroxylation sites is 3. The zero-order chi connectivity index (χ0) is 17.1. The van der Waals surface area contributed by atoms with E-state index in [1.807, 2.05) is 49.4 Å². The Kier molecular flexibility index (Phi) is 4.62. The van der Waals surface area contributed by atoms with Crippen LogP contribution in [0.5, 0.6) is 0 Å². The second kappa shape index (κ2) is 6.84. The number of hydrogen-bond acceptors (Lipinski definition) is 3. The van der Waals surface area contributed by atoms with E-state index in [9.17, 15) is 9.90 Å². The number of aliphatic hydroxyl groups excluding tert-OH is 1. The molecular weight excluding hydrogens is 302 g/mol. The van der Waals surface area contributed by atoms with Gasteiger partial charge in [-0.25, -0.2) is 4.98 Å². The molecule has 0 aliphatic heterocycles. The molecule has 0 bridgehead atoms. The Morgan fingerprint density at radius 1 is 1.21 bits per heavy atom. The van der Waals surface area contributed by atoms with Crippen LogP contribution in [-0.4, -0.2) is 20.6 Å². The van der Waals surface area contributed by atoms with Gasteiger partial charge in [0.05, 0.1) is 11.0 Å². The van der Waals surface area contributed by atoms with E-state index in [1.165, 1.54) is 0 Å². The summed E-state index contributed by atoms with van der Waals surface area (Å²) in [4.78, 5) is 16.9. The molecule has 2 N–H and O–H groups in total. The van der Waals surface area contributed by atoms with Crippen LogP contribution >= 0.6 is 0 Å². The molecule has 1 amide bonds. The van der Waals surface area contributed by atoms with E-state index in [2.05, 4.69) is 17.2 Å². The number of anilines is 1. The van der Waals surface area contributed by atoms with Gasteiger partial charge < -0.3 is 15.0 Å². The normalized spacial score (nSPS) is 11.0. The number of carbonyl (C=O) groups excluding carboxylic acids is 1. The summed E-state index contributed by atoms with van der Waals surface area (Å²) in [5.74, 6) is 0.365. The molecule has 0 spiro atoms. The van der Waals surface area contributed by atoms with Crippen molar-refractivity contribution in [3.8, 4) is 0 Å². The van der Waals surface area contributed by atoms with Crippen LogP contribution in [0.3, 0.4) is 0 Å². The lowest BCUT2D eigenvalue weighted by Crippen LogP contribution is -2.21. The van der Waals surface area contributed by atoms with Gasteiger partial charge >= 0.3 is 0 Å². The van der Waals surface area contributed by atoms with Gasteiger partial charge in [0.2, 0.25) is 5.91 Å². The Bertz CT molecular complexity index is 883. The molecule has 0 fully saturated rings. The number of amides is 1. The molecule has 3 aromatic rings. The van der Waals surface area contributed by atoms with E-state index >= 15 is 0 Å². The highest BCUT2D eigenvalue weighted by Crippen LogP contribution is 2.22. The molecule has 124 valence electrons. The van der Waals surface area contributed by atoms with Gasteiger partial charge in [0.25, 0.3) is 0 Å². The average Bonchev–Trinajstić information content (AvgIpc) is 2.94. The van der Waals surface area contributed by atoms with Crippen molar-refractivity contribution < 1.29 is 9.90 Å². The standard InChI is InChI=1S/C19H21N3O2/c1-3-14-8-6-7-13(2)19(14)21-18(24)11-22-16-10-5-4-9-15(16)20-17(22)12-23/h4-10,23H,3,11-12H2,1-2H3,(H,21,24). The molecule has 1 heterocycles. The molecule has 0 radical (unpaired) electrons. The Morgan fingerprint density at radius 2 is 2.00 bits per heavy atom. The molecule has 0 aliphatic rings. The van der Waals surface area contributed by atoms with Crippen LogP contribution in [-0.2, 0) is 24.4 Å². The van der Waals surface area contributed by atoms with Crippen LogP contribution in [0.15, 0.2) is 42.5 Å². The van der Waals surface area contributed by atoms with Gasteiger partial charge in [-0.2, -0.15) is 0 Å². The van der Waals surface area contributed by atoms with E-state index in [0.717, 1.165) is 34.3 Å². The molecular formula is C19H21N3O2. The molecule has 0 saturated carbocycles. The number of hydrogen-bond donors (Lipinski definition) is 2. The van der Waals surface area contributed by atoms with E-state index in [1.54, 1.807) is 4.57 Å². The number of aliphatic hydroxyl groups is 1. The fraction of sp³-hybridized carbons (Fsp3) is 0.263. The first kappa shape index (κ1) is 16.2. The van der Waals surface area contributed by atoms with Crippen LogP contribution < -0.4 is 5.32 Å². The second-order valence-electron chi connectivity index (χ2n) is 5.77. The SMILES string of the molecule is CCc1cccc(C)c1NC(=O)Cn1c(CO)nc2ccccc21. The first-order valence-electron chi connectivity index (χ1n) is 8.07. The van der Waals surface area contributed by atoms with Crippen LogP contribution in [0.1, 0.15) is 23.9 Å². The van der Waals surface area contributed by atoms with Crippen molar-refractivity contribution in [2.75, 3.05) is 5.32 Å². The summed E-state index contributed by atoms with van der Waals surface area (Å²) in [5, 5.41) is 12.5. The van der Waals surface area contributed by atoms with E-state index in [4.69, 9.17) is 0 Å². The lowest BCUT2D eigenvalue weighted by Gasteiger charge is -2.14. The Morgan fingerprint density at radius 3 is 2.75 bits per heavy atom. The van der Waals surface area contributed by atoms with Crippen LogP contribution in [0.4, 0.5) is 5.69 Å². The summed E-state index contributed by atoms with van der Waals surface area (Å²) in [7, 11) is 0. The van der Waals surface area contributed by atoms with Crippen molar-refractivity contribution in [1.29, 1.82) is 0 Å². The van der Waals surface area contributed by atoms with Gasteiger partial charge in [-0.05, 0) is 36.6 Å². The largest absolute Gasteiger partial charge is 0.388 e. The predicted molar refractivity (Wildman–Crippen MR) is 94.8 cm³/mol. The maximum absolute atomic E-state index is 12.6. The summed E-state index contributed by atoms with van der Waals surface area (Å²) in [6.07, 6.45) is 0.854. The monoisotopic (exact) mass is 323 g/mol. The quantitative estimate of drug-likeness (QED) is 0.758. The van der Waals surface area contributed by atoms with Crippen LogP contribution in [0.2, 0.25) is 0 Å². The van der Waals surface area contributed by atoms with Crippen LogP contribution in [0.25, 0.3) is 11.0 Å². The third-order valence-electron chi connectivity index (χ3n) is 4.18. The number of rotatable bonds is 5. The lowest BCUT2D eigenvalue weighted by atomic mass is 10.1. The highest BCUT2D eigenvalue weighted by atomic mass is 16.3. The fourth-order valence-electron chi connectivity index (χ4n) is 2.95. The molecule has 0 saturated heterocycles. The minimum absolute atomic E-state index is 0.119. The number of nitrogens with one attached hydrogen (secondary N) is 1. The zero-order valence-corrected chi connectivity index (χ0v) is 13.9. The van der Waals surface area contributed by atoms with E-state index in [0.29, 0.717) is 5.82 Å². The second-order valence-corrected chi connectivity index (χ2v) is 5.77. The van der Waals surface area contributed by atoms with Crippen LogP contribution in [0, 0.1) is 6.92 Å². The van der Waals surface area contributed by atoms with Crippen molar-refractivity contribution >= 4 is 22.6 Å². The van der Waals surface area contributed by atoms with E-state index < -0.39 is 0 Å².